The average molecular weight is 493 g/mol. The number of anilines is 1. The van der Waals surface area contributed by atoms with Crippen molar-refractivity contribution in [1.29, 1.82) is 0 Å². The summed E-state index contributed by atoms with van der Waals surface area (Å²) in [6.07, 6.45) is 3.07. The molecule has 0 saturated carbocycles. The molecule has 1 aromatic heterocycles. The SMILES string of the molecule is O=C(O)CC(NC(=O)CNC(=O)CCCCNc1ccccn1)c1ccc(-c2cccc(F)c2)cc1. The molecule has 0 radical (unpaired) electrons. The Balaban J connectivity index is 1.44. The van der Waals surface area contributed by atoms with Crippen molar-refractivity contribution >= 4 is 23.6 Å². The van der Waals surface area contributed by atoms with E-state index in [4.69, 9.17) is 0 Å². The highest BCUT2D eigenvalue weighted by Crippen LogP contribution is 2.24. The highest BCUT2D eigenvalue weighted by molar-refractivity contribution is 5.85. The number of carboxylic acids is 1. The van der Waals surface area contributed by atoms with E-state index in [9.17, 15) is 23.9 Å². The molecule has 0 bridgehead atoms. The van der Waals surface area contributed by atoms with Crippen LogP contribution in [0.25, 0.3) is 11.1 Å². The molecule has 0 aliphatic heterocycles. The third-order valence-corrected chi connectivity index (χ3v) is 5.43. The Morgan fingerprint density at radius 3 is 2.42 bits per heavy atom. The molecule has 1 unspecified atom stereocenters. The van der Waals surface area contributed by atoms with Crippen LogP contribution in [0, 0.1) is 5.82 Å². The summed E-state index contributed by atoms with van der Waals surface area (Å²) in [6.45, 7) is 0.433. The van der Waals surface area contributed by atoms with E-state index < -0.39 is 17.9 Å². The molecule has 3 rings (SSSR count). The van der Waals surface area contributed by atoms with Crippen LogP contribution in [0.2, 0.25) is 0 Å². The van der Waals surface area contributed by atoms with Crippen LogP contribution in [0.4, 0.5) is 10.2 Å². The van der Waals surface area contributed by atoms with Gasteiger partial charge in [-0.2, -0.15) is 0 Å². The number of pyridine rings is 1. The monoisotopic (exact) mass is 492 g/mol. The normalized spacial score (nSPS) is 11.4. The summed E-state index contributed by atoms with van der Waals surface area (Å²) in [5.41, 5.74) is 2.05. The minimum atomic E-state index is -1.07. The molecule has 1 atom stereocenters. The lowest BCUT2D eigenvalue weighted by molar-refractivity contribution is -0.138. The third-order valence-electron chi connectivity index (χ3n) is 5.43. The summed E-state index contributed by atoms with van der Waals surface area (Å²) >= 11 is 0. The van der Waals surface area contributed by atoms with E-state index in [-0.39, 0.29) is 31.1 Å². The van der Waals surface area contributed by atoms with Crippen LogP contribution >= 0.6 is 0 Å². The second kappa shape index (κ2) is 13.6. The van der Waals surface area contributed by atoms with Gasteiger partial charge in [0.1, 0.15) is 11.6 Å². The lowest BCUT2D eigenvalue weighted by atomic mass is 9.99. The number of nitrogens with one attached hydrogen (secondary N) is 3. The maximum atomic E-state index is 13.5. The van der Waals surface area contributed by atoms with Crippen LogP contribution in [0.5, 0.6) is 0 Å². The molecule has 36 heavy (non-hydrogen) atoms. The Labute approximate surface area is 209 Å². The standard InChI is InChI=1S/C27H29FN4O4/c28-22-7-5-6-21(16-22)19-10-12-20(13-11-19)23(17-27(35)36)32-26(34)18-31-25(33)9-2-4-15-30-24-8-1-3-14-29-24/h1,3,5-8,10-14,16,23H,2,4,9,15,17-18H2,(H,29,30)(H,31,33)(H,32,34)(H,35,36). The molecule has 0 fully saturated rings. The van der Waals surface area contributed by atoms with Gasteiger partial charge in [-0.3, -0.25) is 14.4 Å². The number of carbonyl (C=O) groups is 3. The molecular weight excluding hydrogens is 463 g/mol. The first-order chi connectivity index (χ1) is 17.4. The Kier molecular flexibility index (Phi) is 9.93. The number of amides is 2. The first-order valence-corrected chi connectivity index (χ1v) is 11.7. The number of rotatable bonds is 13. The molecule has 0 aliphatic rings. The van der Waals surface area contributed by atoms with E-state index in [0.717, 1.165) is 17.8 Å². The molecule has 2 amide bonds. The number of carboxylic acid groups (broad SMARTS) is 1. The van der Waals surface area contributed by atoms with Gasteiger partial charge in [0.15, 0.2) is 0 Å². The Bertz CT molecular complexity index is 1160. The number of benzene rings is 2. The van der Waals surface area contributed by atoms with Crippen LogP contribution in [-0.4, -0.2) is 41.0 Å². The minimum Gasteiger partial charge on any atom is -0.481 e. The highest BCUT2D eigenvalue weighted by Gasteiger charge is 2.18. The molecule has 4 N–H and O–H groups in total. The molecule has 0 saturated heterocycles. The predicted molar refractivity (Wildman–Crippen MR) is 135 cm³/mol. The number of nitrogens with zero attached hydrogens (tertiary/aromatic N) is 1. The van der Waals surface area contributed by atoms with Gasteiger partial charge in [-0.25, -0.2) is 9.37 Å². The van der Waals surface area contributed by atoms with Crippen molar-refractivity contribution in [3.05, 3.63) is 84.3 Å². The molecule has 3 aromatic rings. The van der Waals surface area contributed by atoms with Gasteiger partial charge in [-0.05, 0) is 53.8 Å². The number of aliphatic carboxylic acids is 1. The Morgan fingerprint density at radius 1 is 0.917 bits per heavy atom. The van der Waals surface area contributed by atoms with Gasteiger partial charge in [0.2, 0.25) is 11.8 Å². The molecule has 0 aliphatic carbocycles. The van der Waals surface area contributed by atoms with Gasteiger partial charge in [0.05, 0.1) is 19.0 Å². The van der Waals surface area contributed by atoms with E-state index in [2.05, 4.69) is 20.9 Å². The smallest absolute Gasteiger partial charge is 0.305 e. The van der Waals surface area contributed by atoms with Crippen molar-refractivity contribution in [2.24, 2.45) is 0 Å². The molecule has 8 nitrogen and oxygen atoms in total. The van der Waals surface area contributed by atoms with Crippen LogP contribution in [0.15, 0.2) is 72.9 Å². The topological polar surface area (TPSA) is 120 Å². The molecule has 188 valence electrons. The fourth-order valence-electron chi connectivity index (χ4n) is 3.61. The second-order valence-electron chi connectivity index (χ2n) is 8.23. The van der Waals surface area contributed by atoms with Gasteiger partial charge < -0.3 is 21.1 Å². The summed E-state index contributed by atoms with van der Waals surface area (Å²) < 4.78 is 13.5. The summed E-state index contributed by atoms with van der Waals surface area (Å²) in [5.74, 6) is -1.38. The van der Waals surface area contributed by atoms with Crippen molar-refractivity contribution in [3.63, 3.8) is 0 Å². The van der Waals surface area contributed by atoms with Crippen LogP contribution in [0.1, 0.15) is 37.3 Å². The fourth-order valence-corrected chi connectivity index (χ4v) is 3.61. The fraction of sp³-hybridized carbons (Fsp3) is 0.259. The molecule has 2 aromatic carbocycles. The van der Waals surface area contributed by atoms with Crippen molar-refractivity contribution < 1.29 is 23.9 Å². The average Bonchev–Trinajstić information content (AvgIpc) is 2.87. The van der Waals surface area contributed by atoms with E-state index in [1.54, 1.807) is 42.6 Å². The van der Waals surface area contributed by atoms with E-state index in [0.29, 0.717) is 24.1 Å². The maximum Gasteiger partial charge on any atom is 0.305 e. The summed E-state index contributed by atoms with van der Waals surface area (Å²) in [6, 6.07) is 17.8. The van der Waals surface area contributed by atoms with Gasteiger partial charge >= 0.3 is 5.97 Å². The number of carbonyl (C=O) groups excluding carboxylic acids is 2. The summed E-state index contributed by atoms with van der Waals surface area (Å²) in [7, 11) is 0. The lowest BCUT2D eigenvalue weighted by Crippen LogP contribution is -2.39. The first kappa shape index (κ1) is 26.3. The van der Waals surface area contributed by atoms with Gasteiger partial charge in [-0.15, -0.1) is 0 Å². The number of halogens is 1. The zero-order valence-corrected chi connectivity index (χ0v) is 19.7. The van der Waals surface area contributed by atoms with Crippen LogP contribution < -0.4 is 16.0 Å². The maximum absolute atomic E-state index is 13.5. The summed E-state index contributed by atoms with van der Waals surface area (Å²) in [4.78, 5) is 40.0. The van der Waals surface area contributed by atoms with Crippen molar-refractivity contribution in [2.75, 3.05) is 18.4 Å². The Morgan fingerprint density at radius 2 is 1.72 bits per heavy atom. The van der Waals surface area contributed by atoms with Crippen molar-refractivity contribution in [2.45, 2.75) is 31.7 Å². The van der Waals surface area contributed by atoms with Crippen LogP contribution in [-0.2, 0) is 14.4 Å². The summed E-state index contributed by atoms with van der Waals surface area (Å²) in [5, 5.41) is 17.7. The number of hydrogen-bond acceptors (Lipinski definition) is 5. The molecule has 0 spiro atoms. The number of unbranched alkanes of at least 4 members (excludes halogenated alkanes) is 1. The van der Waals surface area contributed by atoms with Crippen molar-refractivity contribution in [1.82, 2.24) is 15.6 Å². The van der Waals surface area contributed by atoms with Gasteiger partial charge in [-0.1, -0.05) is 42.5 Å². The quantitative estimate of drug-likeness (QED) is 0.269. The number of aromatic nitrogens is 1. The zero-order valence-electron chi connectivity index (χ0n) is 19.7. The molecule has 9 heteroatoms. The van der Waals surface area contributed by atoms with Crippen LogP contribution in [0.3, 0.4) is 0 Å². The predicted octanol–water partition coefficient (Wildman–Crippen LogP) is 3.92. The molecule has 1 heterocycles. The Hall–Kier alpha value is -4.27. The van der Waals surface area contributed by atoms with E-state index in [1.807, 2.05) is 18.2 Å². The molecular formula is C27H29FN4O4. The van der Waals surface area contributed by atoms with Gasteiger partial charge in [0, 0.05) is 19.2 Å². The minimum absolute atomic E-state index is 0.248. The van der Waals surface area contributed by atoms with E-state index >= 15 is 0 Å². The largest absolute Gasteiger partial charge is 0.481 e. The highest BCUT2D eigenvalue weighted by atomic mass is 19.1. The second-order valence-corrected chi connectivity index (χ2v) is 8.23. The lowest BCUT2D eigenvalue weighted by Gasteiger charge is -2.18. The van der Waals surface area contributed by atoms with Gasteiger partial charge in [0.25, 0.3) is 0 Å². The first-order valence-electron chi connectivity index (χ1n) is 11.7. The number of hydrogen-bond donors (Lipinski definition) is 4. The zero-order chi connectivity index (χ0) is 25.8. The van der Waals surface area contributed by atoms with Crippen molar-refractivity contribution in [3.8, 4) is 11.1 Å². The van der Waals surface area contributed by atoms with E-state index in [1.165, 1.54) is 12.1 Å². The third kappa shape index (κ3) is 8.83.